The van der Waals surface area contributed by atoms with Crippen molar-refractivity contribution in [1.82, 2.24) is 5.32 Å². The van der Waals surface area contributed by atoms with Crippen LogP contribution in [-0.4, -0.2) is 23.8 Å². The molecule has 2 nitrogen and oxygen atoms in total. The molecular weight excluding hydrogens is 229 g/mol. The molecule has 1 unspecified atom stereocenters. The molecule has 0 aliphatic carbocycles. The molecule has 0 fully saturated rings. The van der Waals surface area contributed by atoms with Crippen LogP contribution in [0.4, 0.5) is 4.39 Å². The third-order valence-corrected chi connectivity index (χ3v) is 2.69. The monoisotopic (exact) mass is 245 g/mol. The predicted molar refractivity (Wildman–Crippen MR) is 64.3 cm³/mol. The summed E-state index contributed by atoms with van der Waals surface area (Å²) in [5, 5.41) is 13.5. The Hall–Kier alpha value is -0.640. The molecule has 0 amide bonds. The van der Waals surface area contributed by atoms with Gasteiger partial charge < -0.3 is 10.4 Å². The number of aliphatic hydroxyl groups is 1. The predicted octanol–water partition coefficient (Wildman–Crippen LogP) is 2.38. The van der Waals surface area contributed by atoms with E-state index in [2.05, 4.69) is 5.32 Å². The summed E-state index contributed by atoms with van der Waals surface area (Å²) in [6.45, 7) is 4.99. The Bertz CT molecular complexity index is 355. The van der Waals surface area contributed by atoms with E-state index in [9.17, 15) is 9.50 Å². The summed E-state index contributed by atoms with van der Waals surface area (Å²) < 4.78 is 12.8. The fourth-order valence-corrected chi connectivity index (χ4v) is 1.77. The minimum absolute atomic E-state index is 0.358. The number of benzene rings is 1. The number of nitrogens with one attached hydrogen (secondary N) is 1. The topological polar surface area (TPSA) is 32.3 Å². The zero-order chi connectivity index (χ0) is 12.2. The Kier molecular flexibility index (Phi) is 4.71. The van der Waals surface area contributed by atoms with Crippen LogP contribution >= 0.6 is 11.6 Å². The van der Waals surface area contributed by atoms with Gasteiger partial charge in [0.15, 0.2) is 0 Å². The summed E-state index contributed by atoms with van der Waals surface area (Å²) in [5.41, 5.74) is -0.122. The molecule has 0 spiro atoms. The van der Waals surface area contributed by atoms with Crippen molar-refractivity contribution in [3.63, 3.8) is 0 Å². The second kappa shape index (κ2) is 5.62. The molecule has 90 valence electrons. The van der Waals surface area contributed by atoms with Crippen LogP contribution in [0.2, 0.25) is 5.02 Å². The van der Waals surface area contributed by atoms with Crippen molar-refractivity contribution in [1.29, 1.82) is 0 Å². The summed E-state index contributed by atoms with van der Waals surface area (Å²) in [4.78, 5) is 0. The average molecular weight is 246 g/mol. The number of rotatable bonds is 5. The van der Waals surface area contributed by atoms with E-state index < -0.39 is 5.60 Å². The van der Waals surface area contributed by atoms with Gasteiger partial charge in [-0.15, -0.1) is 0 Å². The Morgan fingerprint density at radius 3 is 2.75 bits per heavy atom. The van der Waals surface area contributed by atoms with Gasteiger partial charge >= 0.3 is 0 Å². The van der Waals surface area contributed by atoms with Gasteiger partial charge in [0.2, 0.25) is 0 Å². The molecule has 0 aliphatic rings. The summed E-state index contributed by atoms with van der Waals surface area (Å²) in [6, 6.07) is 4.23. The molecule has 2 N–H and O–H groups in total. The Morgan fingerprint density at radius 1 is 1.50 bits per heavy atom. The van der Waals surface area contributed by atoms with E-state index in [1.165, 1.54) is 12.1 Å². The summed E-state index contributed by atoms with van der Waals surface area (Å²) in [6.07, 6.45) is 0.402. The Balaban J connectivity index is 2.71. The highest BCUT2D eigenvalue weighted by Crippen LogP contribution is 2.22. The maximum Gasteiger partial charge on any atom is 0.124 e. The van der Waals surface area contributed by atoms with E-state index in [1.54, 1.807) is 13.0 Å². The third-order valence-electron chi connectivity index (χ3n) is 2.34. The first-order valence-electron chi connectivity index (χ1n) is 5.31. The van der Waals surface area contributed by atoms with Gasteiger partial charge in [-0.2, -0.15) is 0 Å². The van der Waals surface area contributed by atoms with Gasteiger partial charge in [0.1, 0.15) is 5.82 Å². The van der Waals surface area contributed by atoms with E-state index in [0.717, 1.165) is 12.1 Å². The van der Waals surface area contributed by atoms with Gasteiger partial charge in [0.25, 0.3) is 0 Å². The van der Waals surface area contributed by atoms with Crippen molar-refractivity contribution in [2.45, 2.75) is 25.9 Å². The molecule has 1 aromatic rings. The maximum atomic E-state index is 12.8. The van der Waals surface area contributed by atoms with Crippen LogP contribution in [0.15, 0.2) is 18.2 Å². The minimum Gasteiger partial charge on any atom is -0.389 e. The lowest BCUT2D eigenvalue weighted by molar-refractivity contribution is 0.0607. The van der Waals surface area contributed by atoms with Gasteiger partial charge in [-0.1, -0.05) is 24.6 Å². The SMILES string of the molecule is CCNCC(C)(O)Cc1ccc(F)cc1Cl. The molecule has 1 atom stereocenters. The van der Waals surface area contributed by atoms with Gasteiger partial charge in [-0.3, -0.25) is 0 Å². The van der Waals surface area contributed by atoms with Crippen molar-refractivity contribution < 1.29 is 9.50 Å². The Morgan fingerprint density at radius 2 is 2.19 bits per heavy atom. The Labute approximate surface area is 100 Å². The zero-order valence-corrected chi connectivity index (χ0v) is 10.3. The van der Waals surface area contributed by atoms with Gasteiger partial charge in [0.05, 0.1) is 5.60 Å². The lowest BCUT2D eigenvalue weighted by Gasteiger charge is -2.24. The molecular formula is C12H17ClFNO. The molecule has 4 heteroatoms. The number of likely N-dealkylation sites (N-methyl/N-ethyl adjacent to an activating group) is 1. The highest BCUT2D eigenvalue weighted by molar-refractivity contribution is 6.31. The molecule has 0 saturated heterocycles. The minimum atomic E-state index is -0.878. The number of halogens is 2. The molecule has 16 heavy (non-hydrogen) atoms. The van der Waals surface area contributed by atoms with Gasteiger partial charge in [-0.05, 0) is 31.2 Å². The smallest absolute Gasteiger partial charge is 0.124 e. The molecule has 0 radical (unpaired) electrons. The largest absolute Gasteiger partial charge is 0.389 e. The van der Waals surface area contributed by atoms with E-state index >= 15 is 0 Å². The van der Waals surface area contributed by atoms with Crippen LogP contribution < -0.4 is 5.32 Å². The van der Waals surface area contributed by atoms with Crippen molar-refractivity contribution in [2.24, 2.45) is 0 Å². The number of hydrogen-bond acceptors (Lipinski definition) is 2. The molecule has 0 aromatic heterocycles. The van der Waals surface area contributed by atoms with Gasteiger partial charge in [-0.25, -0.2) is 4.39 Å². The average Bonchev–Trinajstić information content (AvgIpc) is 2.19. The molecule has 0 heterocycles. The maximum absolute atomic E-state index is 12.8. The first kappa shape index (κ1) is 13.4. The van der Waals surface area contributed by atoms with E-state index in [4.69, 9.17) is 11.6 Å². The van der Waals surface area contributed by atoms with Crippen LogP contribution in [-0.2, 0) is 6.42 Å². The molecule has 0 bridgehead atoms. The first-order valence-corrected chi connectivity index (χ1v) is 5.69. The van der Waals surface area contributed by atoms with Crippen molar-refractivity contribution in [3.8, 4) is 0 Å². The van der Waals surface area contributed by atoms with E-state index in [0.29, 0.717) is 18.0 Å². The molecule has 1 rings (SSSR count). The molecule has 1 aromatic carbocycles. The second-order valence-electron chi connectivity index (χ2n) is 4.19. The van der Waals surface area contributed by atoms with Crippen molar-refractivity contribution in [2.75, 3.05) is 13.1 Å². The highest BCUT2D eigenvalue weighted by Gasteiger charge is 2.21. The van der Waals surface area contributed by atoms with Crippen molar-refractivity contribution in [3.05, 3.63) is 34.6 Å². The van der Waals surface area contributed by atoms with E-state index in [-0.39, 0.29) is 5.82 Å². The normalized spacial score (nSPS) is 14.8. The standard InChI is InChI=1S/C12H17ClFNO/c1-3-15-8-12(2,16)7-9-4-5-10(14)6-11(9)13/h4-6,15-16H,3,7-8H2,1-2H3. The zero-order valence-electron chi connectivity index (χ0n) is 9.56. The summed E-state index contributed by atoms with van der Waals surface area (Å²) in [5.74, 6) is -0.361. The summed E-state index contributed by atoms with van der Waals surface area (Å²) >= 11 is 5.90. The molecule has 0 aliphatic heterocycles. The van der Waals surface area contributed by atoms with Crippen LogP contribution in [0.25, 0.3) is 0 Å². The lowest BCUT2D eigenvalue weighted by Crippen LogP contribution is -2.39. The van der Waals surface area contributed by atoms with Crippen LogP contribution in [0.3, 0.4) is 0 Å². The summed E-state index contributed by atoms with van der Waals surface area (Å²) in [7, 11) is 0. The second-order valence-corrected chi connectivity index (χ2v) is 4.60. The van der Waals surface area contributed by atoms with Crippen LogP contribution in [0.1, 0.15) is 19.4 Å². The first-order chi connectivity index (χ1) is 7.44. The number of hydrogen-bond donors (Lipinski definition) is 2. The fourth-order valence-electron chi connectivity index (χ4n) is 1.53. The third kappa shape index (κ3) is 4.08. The van der Waals surface area contributed by atoms with Crippen molar-refractivity contribution >= 4 is 11.6 Å². The fraction of sp³-hybridized carbons (Fsp3) is 0.500. The lowest BCUT2D eigenvalue weighted by atomic mass is 9.96. The van der Waals surface area contributed by atoms with Gasteiger partial charge in [0, 0.05) is 18.0 Å². The van der Waals surface area contributed by atoms with Crippen LogP contribution in [0.5, 0.6) is 0 Å². The quantitative estimate of drug-likeness (QED) is 0.835. The molecule has 0 saturated carbocycles. The van der Waals surface area contributed by atoms with E-state index in [1.807, 2.05) is 6.92 Å². The van der Waals surface area contributed by atoms with Crippen LogP contribution in [0, 0.1) is 5.82 Å². The highest BCUT2D eigenvalue weighted by atomic mass is 35.5.